The molecule has 0 aliphatic rings. The van der Waals surface area contributed by atoms with Crippen LogP contribution in [0.15, 0.2) is 23.1 Å². The van der Waals surface area contributed by atoms with Crippen molar-refractivity contribution in [1.29, 1.82) is 0 Å². The highest BCUT2D eigenvalue weighted by Crippen LogP contribution is 2.30. The molecule has 1 aromatic rings. The molecule has 1 rings (SSSR count). The van der Waals surface area contributed by atoms with E-state index in [9.17, 15) is 9.90 Å². The van der Waals surface area contributed by atoms with Crippen LogP contribution in [0.2, 0.25) is 0 Å². The second-order valence-electron chi connectivity index (χ2n) is 4.41. The molecule has 1 atom stereocenters. The number of carbonyl (C=O) groups is 1. The second-order valence-corrected chi connectivity index (χ2v) is 5.26. The summed E-state index contributed by atoms with van der Waals surface area (Å²) in [5.74, 6) is -0.856. The van der Waals surface area contributed by atoms with Crippen LogP contribution in [-0.4, -0.2) is 30.4 Å². The molecule has 3 nitrogen and oxygen atoms in total. The summed E-state index contributed by atoms with van der Waals surface area (Å²) < 4.78 is 0. The van der Waals surface area contributed by atoms with Gasteiger partial charge in [-0.2, -0.15) is 0 Å². The zero-order chi connectivity index (χ0) is 13.7. The lowest BCUT2D eigenvalue weighted by atomic mass is 10.1. The van der Waals surface area contributed by atoms with Crippen molar-refractivity contribution in [3.8, 4) is 0 Å². The summed E-state index contributed by atoms with van der Waals surface area (Å²) in [7, 11) is 1.96. The molecule has 0 aliphatic carbocycles. The highest BCUT2D eigenvalue weighted by atomic mass is 32.2. The minimum atomic E-state index is -0.856. The predicted octanol–water partition coefficient (Wildman–Crippen LogP) is 3.73. The van der Waals surface area contributed by atoms with Crippen LogP contribution in [0.4, 0.5) is 5.69 Å². The van der Waals surface area contributed by atoms with Crippen LogP contribution in [0.3, 0.4) is 0 Å². The topological polar surface area (TPSA) is 40.5 Å². The van der Waals surface area contributed by atoms with E-state index < -0.39 is 5.97 Å². The number of rotatable bonds is 6. The Bertz CT molecular complexity index is 420. The van der Waals surface area contributed by atoms with E-state index in [-0.39, 0.29) is 0 Å². The van der Waals surface area contributed by atoms with Crippen LogP contribution < -0.4 is 4.90 Å². The van der Waals surface area contributed by atoms with E-state index in [0.29, 0.717) is 11.6 Å². The molecule has 0 radical (unpaired) electrons. The minimum absolute atomic E-state index is 0.338. The fourth-order valence-corrected chi connectivity index (χ4v) is 2.66. The smallest absolute Gasteiger partial charge is 0.338 e. The van der Waals surface area contributed by atoms with E-state index in [4.69, 9.17) is 0 Å². The number of carboxylic acid groups (broad SMARTS) is 1. The monoisotopic (exact) mass is 267 g/mol. The van der Waals surface area contributed by atoms with Gasteiger partial charge in [0, 0.05) is 18.0 Å². The van der Waals surface area contributed by atoms with Crippen LogP contribution >= 0.6 is 11.8 Å². The lowest BCUT2D eigenvalue weighted by Crippen LogP contribution is -2.30. The van der Waals surface area contributed by atoms with Crippen LogP contribution in [-0.2, 0) is 0 Å². The van der Waals surface area contributed by atoms with Gasteiger partial charge in [-0.25, -0.2) is 4.79 Å². The first-order valence-corrected chi connectivity index (χ1v) is 7.38. The first-order chi connectivity index (χ1) is 8.52. The number of hydrogen-bond donors (Lipinski definition) is 1. The maximum Gasteiger partial charge on any atom is 0.338 e. The third kappa shape index (κ3) is 3.19. The molecule has 0 heterocycles. The average Bonchev–Trinajstić information content (AvgIpc) is 2.36. The second kappa shape index (κ2) is 6.69. The molecule has 0 fully saturated rings. The number of hydrogen-bond acceptors (Lipinski definition) is 3. The standard InChI is InChI=1S/C14H21NO2S/c1-5-7-10(2)15(3)11-8-6-9-12(18-4)13(11)14(16)17/h6,8-10H,5,7H2,1-4H3,(H,16,17). The van der Waals surface area contributed by atoms with Gasteiger partial charge in [-0.15, -0.1) is 11.8 Å². The van der Waals surface area contributed by atoms with Crippen LogP contribution in [0.1, 0.15) is 37.0 Å². The first-order valence-electron chi connectivity index (χ1n) is 6.16. The zero-order valence-corrected chi connectivity index (χ0v) is 12.3. The van der Waals surface area contributed by atoms with Gasteiger partial charge in [0.15, 0.2) is 0 Å². The van der Waals surface area contributed by atoms with Crippen LogP contribution in [0.5, 0.6) is 0 Å². The van der Waals surface area contributed by atoms with Crippen molar-refractivity contribution in [2.45, 2.75) is 37.6 Å². The molecule has 0 amide bonds. The molecule has 0 spiro atoms. The highest BCUT2D eigenvalue weighted by molar-refractivity contribution is 7.98. The number of nitrogens with zero attached hydrogens (tertiary/aromatic N) is 1. The van der Waals surface area contributed by atoms with Crippen molar-refractivity contribution >= 4 is 23.4 Å². The summed E-state index contributed by atoms with van der Waals surface area (Å²) in [6, 6.07) is 6.00. The van der Waals surface area contributed by atoms with E-state index >= 15 is 0 Å². The van der Waals surface area contributed by atoms with Gasteiger partial charge in [0.2, 0.25) is 0 Å². The van der Waals surface area contributed by atoms with Crippen molar-refractivity contribution < 1.29 is 9.90 Å². The lowest BCUT2D eigenvalue weighted by Gasteiger charge is -2.28. The summed E-state index contributed by atoms with van der Waals surface area (Å²) in [6.07, 6.45) is 4.05. The van der Waals surface area contributed by atoms with Crippen molar-refractivity contribution in [3.63, 3.8) is 0 Å². The van der Waals surface area contributed by atoms with E-state index in [0.717, 1.165) is 23.4 Å². The van der Waals surface area contributed by atoms with E-state index in [1.54, 1.807) is 0 Å². The van der Waals surface area contributed by atoms with Gasteiger partial charge in [-0.05, 0) is 31.7 Å². The molecule has 0 saturated carbocycles. The number of anilines is 1. The SMILES string of the molecule is CCCC(C)N(C)c1cccc(SC)c1C(=O)O. The summed E-state index contributed by atoms with van der Waals surface area (Å²) in [6.45, 7) is 4.27. The number of thioether (sulfide) groups is 1. The van der Waals surface area contributed by atoms with Gasteiger partial charge in [-0.1, -0.05) is 19.4 Å². The Balaban J connectivity index is 3.19. The average molecular weight is 267 g/mol. The molecule has 1 aromatic carbocycles. The van der Waals surface area contributed by atoms with Crippen molar-refractivity contribution in [2.24, 2.45) is 0 Å². The van der Waals surface area contributed by atoms with Crippen molar-refractivity contribution in [3.05, 3.63) is 23.8 Å². The molecule has 4 heteroatoms. The maximum atomic E-state index is 11.4. The van der Waals surface area contributed by atoms with E-state index in [1.807, 2.05) is 31.5 Å². The fraction of sp³-hybridized carbons (Fsp3) is 0.500. The summed E-state index contributed by atoms with van der Waals surface area (Å²) in [4.78, 5) is 14.3. The molecule has 0 bridgehead atoms. The fourth-order valence-electron chi connectivity index (χ4n) is 2.05. The Morgan fingerprint density at radius 1 is 1.50 bits per heavy atom. The summed E-state index contributed by atoms with van der Waals surface area (Å²) in [5, 5.41) is 9.40. The summed E-state index contributed by atoms with van der Waals surface area (Å²) >= 11 is 1.47. The molecule has 0 aliphatic heterocycles. The van der Waals surface area contributed by atoms with Gasteiger partial charge in [0.05, 0.1) is 11.3 Å². The molecule has 1 unspecified atom stereocenters. The maximum absolute atomic E-state index is 11.4. The van der Waals surface area contributed by atoms with Crippen LogP contribution in [0.25, 0.3) is 0 Å². The van der Waals surface area contributed by atoms with Gasteiger partial charge in [-0.3, -0.25) is 0 Å². The van der Waals surface area contributed by atoms with Gasteiger partial charge >= 0.3 is 5.97 Å². The van der Waals surface area contributed by atoms with E-state index in [2.05, 4.69) is 18.7 Å². The van der Waals surface area contributed by atoms with Crippen molar-refractivity contribution in [1.82, 2.24) is 0 Å². The Morgan fingerprint density at radius 2 is 2.17 bits per heavy atom. The minimum Gasteiger partial charge on any atom is -0.478 e. The molecule has 1 N–H and O–H groups in total. The molecule has 18 heavy (non-hydrogen) atoms. The van der Waals surface area contributed by atoms with Gasteiger partial charge in [0.25, 0.3) is 0 Å². The molecular weight excluding hydrogens is 246 g/mol. The lowest BCUT2D eigenvalue weighted by molar-refractivity contribution is 0.0694. The van der Waals surface area contributed by atoms with Crippen LogP contribution in [0, 0.1) is 0 Å². The first kappa shape index (κ1) is 14.9. The zero-order valence-electron chi connectivity index (χ0n) is 11.4. The Kier molecular flexibility index (Phi) is 5.54. The predicted molar refractivity (Wildman–Crippen MR) is 78.0 cm³/mol. The van der Waals surface area contributed by atoms with Gasteiger partial charge < -0.3 is 10.0 Å². The third-order valence-electron chi connectivity index (χ3n) is 3.19. The molecular formula is C14H21NO2S. The Hall–Kier alpha value is -1.16. The molecule has 0 saturated heterocycles. The number of aromatic carboxylic acids is 1. The Morgan fingerprint density at radius 3 is 2.67 bits per heavy atom. The van der Waals surface area contributed by atoms with Gasteiger partial charge in [0.1, 0.15) is 0 Å². The Labute approximate surface area is 113 Å². The highest BCUT2D eigenvalue weighted by Gasteiger charge is 2.20. The third-order valence-corrected chi connectivity index (χ3v) is 3.97. The quantitative estimate of drug-likeness (QED) is 0.797. The largest absolute Gasteiger partial charge is 0.478 e. The van der Waals surface area contributed by atoms with Crippen molar-refractivity contribution in [2.75, 3.05) is 18.2 Å². The molecule has 100 valence electrons. The normalized spacial score (nSPS) is 12.2. The van der Waals surface area contributed by atoms with E-state index in [1.165, 1.54) is 11.8 Å². The molecule has 0 aromatic heterocycles. The summed E-state index contributed by atoms with van der Waals surface area (Å²) in [5.41, 5.74) is 1.21. The number of carboxylic acids is 1. The number of benzene rings is 1.